The van der Waals surface area contributed by atoms with Gasteiger partial charge in [0.05, 0.1) is 13.2 Å². The van der Waals surface area contributed by atoms with Crippen LogP contribution in [0.15, 0.2) is 17.1 Å². The molecule has 1 heterocycles. The first-order valence-electron chi connectivity index (χ1n) is 11.5. The Labute approximate surface area is 172 Å². The van der Waals surface area contributed by atoms with Crippen LogP contribution < -0.4 is 0 Å². The van der Waals surface area contributed by atoms with Crippen molar-refractivity contribution in [1.82, 2.24) is 4.90 Å². The van der Waals surface area contributed by atoms with E-state index in [1.165, 1.54) is 70.6 Å². The van der Waals surface area contributed by atoms with Crippen molar-refractivity contribution in [3.63, 3.8) is 0 Å². The number of rotatable bonds is 17. The summed E-state index contributed by atoms with van der Waals surface area (Å²) in [6.07, 6.45) is 21.3. The first-order valence-corrected chi connectivity index (χ1v) is 11.5. The minimum atomic E-state index is -0.207. The topological polar surface area (TPSA) is 62.1 Å². The number of β-amino-alcohol motifs (C(OH)–C–C–N with tert-alkyl or cyclic N) is 1. The number of carbonyl (C=O) groups is 1. The zero-order valence-corrected chi connectivity index (χ0v) is 18.0. The molecule has 0 radical (unpaired) electrons. The Morgan fingerprint density at radius 3 is 2.25 bits per heavy atom. The summed E-state index contributed by atoms with van der Waals surface area (Å²) in [5.41, 5.74) is 0. The molecule has 1 rings (SSSR count). The average Bonchev–Trinajstić information content (AvgIpc) is 3.12. The van der Waals surface area contributed by atoms with Crippen molar-refractivity contribution in [2.24, 2.45) is 4.99 Å². The first-order chi connectivity index (χ1) is 13.8. The van der Waals surface area contributed by atoms with Crippen LogP contribution in [0.5, 0.6) is 0 Å². The van der Waals surface area contributed by atoms with Gasteiger partial charge < -0.3 is 14.7 Å². The van der Waals surface area contributed by atoms with Crippen LogP contribution >= 0.6 is 0 Å². The number of aliphatic hydroxyl groups excluding tert-OH is 1. The molecule has 0 aromatic heterocycles. The number of allylic oxidation sites excluding steroid dienone is 2. The maximum absolute atomic E-state index is 11.9. The number of amidine groups is 1. The molecule has 1 N–H and O–H groups in total. The average molecular weight is 395 g/mol. The van der Waals surface area contributed by atoms with Crippen molar-refractivity contribution in [2.75, 3.05) is 26.2 Å². The number of aliphatic hydroxyl groups is 1. The number of esters is 1. The minimum Gasteiger partial charge on any atom is -0.395 e. The number of aliphatic imine (C=N–C) groups is 1. The van der Waals surface area contributed by atoms with Gasteiger partial charge in [0.25, 0.3) is 6.02 Å². The molecule has 0 spiro atoms. The van der Waals surface area contributed by atoms with Gasteiger partial charge in [0, 0.05) is 19.5 Å². The normalized spacial score (nSPS) is 14.1. The number of hydrogen-bond acceptors (Lipinski definition) is 5. The highest BCUT2D eigenvalue weighted by Gasteiger charge is 2.20. The molecule has 0 aliphatic carbocycles. The predicted octanol–water partition coefficient (Wildman–Crippen LogP) is 5.23. The third kappa shape index (κ3) is 12.9. The molecule has 0 aromatic carbocycles. The van der Waals surface area contributed by atoms with E-state index in [2.05, 4.69) is 24.1 Å². The molecule has 0 bridgehead atoms. The second-order valence-corrected chi connectivity index (χ2v) is 7.68. The summed E-state index contributed by atoms with van der Waals surface area (Å²) in [5.74, 6) is -0.207. The van der Waals surface area contributed by atoms with E-state index in [4.69, 9.17) is 9.84 Å². The number of ether oxygens (including phenoxy) is 1. The van der Waals surface area contributed by atoms with Crippen LogP contribution in [0.4, 0.5) is 0 Å². The Kier molecular flexibility index (Phi) is 15.6. The van der Waals surface area contributed by atoms with Crippen molar-refractivity contribution >= 4 is 12.0 Å². The zero-order valence-electron chi connectivity index (χ0n) is 18.0. The summed E-state index contributed by atoms with van der Waals surface area (Å²) in [6.45, 7) is 4.13. The van der Waals surface area contributed by atoms with Gasteiger partial charge in [0.1, 0.15) is 0 Å². The van der Waals surface area contributed by atoms with Gasteiger partial charge >= 0.3 is 5.97 Å². The van der Waals surface area contributed by atoms with Crippen LogP contribution in [-0.2, 0) is 9.53 Å². The lowest BCUT2D eigenvalue weighted by Gasteiger charge is -2.17. The molecule has 162 valence electrons. The van der Waals surface area contributed by atoms with Crippen LogP contribution in [0.3, 0.4) is 0 Å². The van der Waals surface area contributed by atoms with Gasteiger partial charge in [-0.2, -0.15) is 0 Å². The number of unbranched alkanes of at least 4 members (excludes halogenated alkanes) is 11. The van der Waals surface area contributed by atoms with Gasteiger partial charge in [-0.05, 0) is 32.1 Å². The molecule has 5 heteroatoms. The molecule has 0 aromatic rings. The van der Waals surface area contributed by atoms with Gasteiger partial charge in [-0.3, -0.25) is 4.79 Å². The van der Waals surface area contributed by atoms with Crippen LogP contribution in [0.1, 0.15) is 96.8 Å². The van der Waals surface area contributed by atoms with Crippen molar-refractivity contribution in [3.8, 4) is 0 Å². The van der Waals surface area contributed by atoms with E-state index in [1.807, 2.05) is 4.90 Å². The van der Waals surface area contributed by atoms with E-state index in [9.17, 15) is 4.79 Å². The maximum atomic E-state index is 11.9. The second kappa shape index (κ2) is 17.7. The molecule has 1 aliphatic rings. The van der Waals surface area contributed by atoms with Crippen LogP contribution in [0.25, 0.3) is 0 Å². The van der Waals surface area contributed by atoms with Crippen molar-refractivity contribution in [1.29, 1.82) is 0 Å². The number of carbonyl (C=O) groups excluding carboxylic acids is 1. The van der Waals surface area contributed by atoms with Crippen LogP contribution in [0.2, 0.25) is 0 Å². The molecule has 0 saturated heterocycles. The molecular weight excluding hydrogens is 352 g/mol. The van der Waals surface area contributed by atoms with E-state index in [-0.39, 0.29) is 12.6 Å². The minimum absolute atomic E-state index is 0.0464. The van der Waals surface area contributed by atoms with Crippen molar-refractivity contribution in [3.05, 3.63) is 12.2 Å². The first kappa shape index (κ1) is 24.7. The summed E-state index contributed by atoms with van der Waals surface area (Å²) in [4.78, 5) is 17.9. The Hall–Kier alpha value is -1.36. The molecule has 0 saturated carbocycles. The van der Waals surface area contributed by atoms with Crippen molar-refractivity contribution in [2.45, 2.75) is 96.8 Å². The third-order valence-electron chi connectivity index (χ3n) is 5.11. The quantitative estimate of drug-likeness (QED) is 0.208. The molecule has 0 atom stereocenters. The highest BCUT2D eigenvalue weighted by molar-refractivity contribution is 5.88. The van der Waals surface area contributed by atoms with E-state index in [1.54, 1.807) is 0 Å². The standard InChI is InChI=1S/C23H42N2O3/c1-2-3-4-5-6-7-8-9-10-11-12-13-14-15-16-17-22(27)28-23-24-18-19-25(23)20-21-26/h9-10,26H,2-8,11-21H2,1H3/b10-9-. The SMILES string of the molecule is CCCCCCCC/C=C\CCCCCCCC(=O)OC1=NCCN1CCO. The second-order valence-electron chi connectivity index (χ2n) is 7.68. The number of nitrogens with zero attached hydrogens (tertiary/aromatic N) is 2. The van der Waals surface area contributed by atoms with Gasteiger partial charge in [0.15, 0.2) is 0 Å². The van der Waals surface area contributed by atoms with Crippen LogP contribution in [0, 0.1) is 0 Å². The van der Waals surface area contributed by atoms with Crippen LogP contribution in [-0.4, -0.2) is 48.2 Å². The van der Waals surface area contributed by atoms with E-state index in [0.29, 0.717) is 25.5 Å². The summed E-state index contributed by atoms with van der Waals surface area (Å²) >= 11 is 0. The Balaban J connectivity index is 1.87. The fraction of sp³-hybridized carbons (Fsp3) is 0.826. The van der Waals surface area contributed by atoms with Crippen molar-refractivity contribution < 1.29 is 14.6 Å². The summed E-state index contributed by atoms with van der Waals surface area (Å²) < 4.78 is 5.31. The van der Waals surface area contributed by atoms with E-state index >= 15 is 0 Å². The molecule has 1 aliphatic heterocycles. The summed E-state index contributed by atoms with van der Waals surface area (Å²) in [6, 6.07) is 0.381. The molecule has 0 amide bonds. The van der Waals surface area contributed by atoms with Gasteiger partial charge in [-0.15, -0.1) is 0 Å². The van der Waals surface area contributed by atoms with Gasteiger partial charge in [-0.25, -0.2) is 4.99 Å². The monoisotopic (exact) mass is 394 g/mol. The fourth-order valence-electron chi connectivity index (χ4n) is 3.38. The Bertz CT molecular complexity index is 449. The van der Waals surface area contributed by atoms with Gasteiger partial charge in [-0.1, -0.05) is 70.4 Å². The van der Waals surface area contributed by atoms with E-state index < -0.39 is 0 Å². The predicted molar refractivity (Wildman–Crippen MR) is 117 cm³/mol. The molecule has 0 fully saturated rings. The smallest absolute Gasteiger partial charge is 0.313 e. The maximum Gasteiger partial charge on any atom is 0.313 e. The zero-order chi connectivity index (χ0) is 20.3. The number of hydrogen-bond donors (Lipinski definition) is 1. The Morgan fingerprint density at radius 1 is 1.00 bits per heavy atom. The Morgan fingerprint density at radius 2 is 1.61 bits per heavy atom. The summed E-state index contributed by atoms with van der Waals surface area (Å²) in [7, 11) is 0. The largest absolute Gasteiger partial charge is 0.395 e. The third-order valence-corrected chi connectivity index (χ3v) is 5.11. The molecular formula is C23H42N2O3. The molecule has 5 nitrogen and oxygen atoms in total. The lowest BCUT2D eigenvalue weighted by Crippen LogP contribution is -2.33. The van der Waals surface area contributed by atoms with Gasteiger partial charge in [0.2, 0.25) is 0 Å². The lowest BCUT2D eigenvalue weighted by atomic mass is 10.1. The highest BCUT2D eigenvalue weighted by Crippen LogP contribution is 2.11. The fourth-order valence-corrected chi connectivity index (χ4v) is 3.38. The lowest BCUT2D eigenvalue weighted by molar-refractivity contribution is -0.136. The van der Waals surface area contributed by atoms with E-state index in [0.717, 1.165) is 19.4 Å². The molecule has 28 heavy (non-hydrogen) atoms. The highest BCUT2D eigenvalue weighted by atomic mass is 16.6. The molecule has 0 unspecified atom stereocenters. The summed E-state index contributed by atoms with van der Waals surface area (Å²) in [5, 5.41) is 8.99.